The first-order valence-electron chi connectivity index (χ1n) is 5.74. The molecule has 1 saturated heterocycles. The number of para-hydroxylation sites is 1. The van der Waals surface area contributed by atoms with E-state index >= 15 is 0 Å². The van der Waals surface area contributed by atoms with E-state index in [0.29, 0.717) is 0 Å². The number of anilines is 1. The number of nitrogens with zero attached hydrogens (tertiary/aromatic N) is 1. The summed E-state index contributed by atoms with van der Waals surface area (Å²) in [6, 6.07) is 10.7. The largest absolute Gasteiger partial charge is 0.372 e. The number of rotatable bonds is 1. The van der Waals surface area contributed by atoms with Gasteiger partial charge in [0.15, 0.2) is 0 Å². The van der Waals surface area contributed by atoms with Gasteiger partial charge in [-0.1, -0.05) is 25.1 Å². The second-order valence-corrected chi connectivity index (χ2v) is 4.01. The van der Waals surface area contributed by atoms with Gasteiger partial charge in [0.05, 0.1) is 0 Å². The first kappa shape index (κ1) is 12.1. The maximum Gasteiger partial charge on any atom is 0.0366 e. The summed E-state index contributed by atoms with van der Waals surface area (Å²) in [5, 5.41) is 0. The van der Waals surface area contributed by atoms with E-state index in [-0.39, 0.29) is 1.43 Å². The fraction of sp³-hybridized carbons (Fsp3) is 0.538. The molecule has 0 spiro atoms. The zero-order valence-corrected chi connectivity index (χ0v) is 9.82. The first-order valence-corrected chi connectivity index (χ1v) is 5.74. The van der Waals surface area contributed by atoms with Crippen LogP contribution < -0.4 is 10.6 Å². The Morgan fingerprint density at radius 3 is 2.20 bits per heavy atom. The minimum atomic E-state index is 0. The van der Waals surface area contributed by atoms with E-state index in [1.165, 1.54) is 38.7 Å². The van der Waals surface area contributed by atoms with Crippen molar-refractivity contribution in [2.45, 2.75) is 19.8 Å². The van der Waals surface area contributed by atoms with Crippen LogP contribution in [0.3, 0.4) is 0 Å². The van der Waals surface area contributed by atoms with Crippen molar-refractivity contribution in [3.63, 3.8) is 0 Å². The molecule has 2 nitrogen and oxygen atoms in total. The molecule has 0 aliphatic carbocycles. The van der Waals surface area contributed by atoms with Crippen LogP contribution in [0.1, 0.15) is 21.2 Å². The van der Waals surface area contributed by atoms with E-state index in [1.807, 2.05) is 0 Å². The maximum atomic E-state index is 4.50. The van der Waals surface area contributed by atoms with Crippen molar-refractivity contribution in [2.75, 3.05) is 25.0 Å². The van der Waals surface area contributed by atoms with Crippen LogP contribution in [-0.4, -0.2) is 20.1 Å². The van der Waals surface area contributed by atoms with Crippen LogP contribution >= 0.6 is 0 Å². The number of benzene rings is 1. The van der Waals surface area contributed by atoms with Crippen molar-refractivity contribution in [1.82, 2.24) is 0 Å². The SMILES string of the molecule is CC1CCN(c2ccccc2)CC1.CN.[HH]. The summed E-state index contributed by atoms with van der Waals surface area (Å²) in [6.45, 7) is 4.80. The number of piperidine rings is 1. The summed E-state index contributed by atoms with van der Waals surface area (Å²) in [6.07, 6.45) is 2.68. The van der Waals surface area contributed by atoms with E-state index < -0.39 is 0 Å². The van der Waals surface area contributed by atoms with Crippen molar-refractivity contribution in [2.24, 2.45) is 11.7 Å². The molecule has 86 valence electrons. The van der Waals surface area contributed by atoms with E-state index in [0.717, 1.165) is 5.92 Å². The van der Waals surface area contributed by atoms with Gasteiger partial charge in [-0.25, -0.2) is 0 Å². The maximum absolute atomic E-state index is 4.50. The van der Waals surface area contributed by atoms with Crippen LogP contribution in [0.15, 0.2) is 30.3 Å². The average molecular weight is 208 g/mol. The highest BCUT2D eigenvalue weighted by Gasteiger charge is 2.15. The van der Waals surface area contributed by atoms with Gasteiger partial charge in [-0.15, -0.1) is 0 Å². The number of hydrogen-bond acceptors (Lipinski definition) is 2. The number of hydrogen-bond donors (Lipinski definition) is 1. The monoisotopic (exact) mass is 208 g/mol. The normalized spacial score (nSPS) is 16.9. The Balaban J connectivity index is 0.000000711. The fourth-order valence-electron chi connectivity index (χ4n) is 1.91. The van der Waals surface area contributed by atoms with Gasteiger partial charge in [0.1, 0.15) is 0 Å². The van der Waals surface area contributed by atoms with Crippen LogP contribution in [0.4, 0.5) is 5.69 Å². The Morgan fingerprint density at radius 1 is 1.13 bits per heavy atom. The second-order valence-electron chi connectivity index (χ2n) is 4.01. The van der Waals surface area contributed by atoms with Crippen LogP contribution in [0, 0.1) is 5.92 Å². The minimum absolute atomic E-state index is 0. The summed E-state index contributed by atoms with van der Waals surface area (Å²) in [4.78, 5) is 2.49. The molecule has 15 heavy (non-hydrogen) atoms. The van der Waals surface area contributed by atoms with E-state index in [1.54, 1.807) is 0 Å². The van der Waals surface area contributed by atoms with Crippen molar-refractivity contribution < 1.29 is 1.43 Å². The van der Waals surface area contributed by atoms with Gasteiger partial charge in [-0.2, -0.15) is 0 Å². The average Bonchev–Trinajstić information content (AvgIpc) is 2.34. The number of nitrogens with two attached hydrogens (primary N) is 1. The molecule has 1 aliphatic heterocycles. The van der Waals surface area contributed by atoms with E-state index in [9.17, 15) is 0 Å². The molecule has 0 saturated carbocycles. The minimum Gasteiger partial charge on any atom is -0.372 e. The smallest absolute Gasteiger partial charge is 0.0366 e. The summed E-state index contributed by atoms with van der Waals surface area (Å²) in [5.41, 5.74) is 5.88. The van der Waals surface area contributed by atoms with Crippen LogP contribution in [0.2, 0.25) is 0 Å². The van der Waals surface area contributed by atoms with Gasteiger partial charge in [0.25, 0.3) is 0 Å². The molecule has 0 radical (unpaired) electrons. The van der Waals surface area contributed by atoms with Gasteiger partial charge < -0.3 is 10.6 Å². The molecule has 0 aromatic heterocycles. The lowest BCUT2D eigenvalue weighted by atomic mass is 9.99. The molecule has 0 atom stereocenters. The third-order valence-electron chi connectivity index (χ3n) is 2.90. The lowest BCUT2D eigenvalue weighted by Crippen LogP contribution is -2.32. The van der Waals surface area contributed by atoms with Gasteiger partial charge in [0.2, 0.25) is 0 Å². The van der Waals surface area contributed by atoms with Crippen LogP contribution in [0.25, 0.3) is 0 Å². The molecule has 1 aromatic rings. The lowest BCUT2D eigenvalue weighted by molar-refractivity contribution is 0.438. The highest BCUT2D eigenvalue weighted by molar-refractivity contribution is 5.46. The van der Waals surface area contributed by atoms with Crippen molar-refractivity contribution in [1.29, 1.82) is 0 Å². The summed E-state index contributed by atoms with van der Waals surface area (Å²) >= 11 is 0. The van der Waals surface area contributed by atoms with E-state index in [4.69, 9.17) is 0 Å². The molecular weight excluding hydrogens is 184 g/mol. The molecule has 0 unspecified atom stereocenters. The lowest BCUT2D eigenvalue weighted by Gasteiger charge is -2.32. The summed E-state index contributed by atoms with van der Waals surface area (Å²) in [7, 11) is 1.50. The third kappa shape index (κ3) is 3.56. The van der Waals surface area contributed by atoms with Gasteiger partial charge in [-0.05, 0) is 37.9 Å². The van der Waals surface area contributed by atoms with Crippen molar-refractivity contribution in [3.05, 3.63) is 30.3 Å². The Bertz CT molecular complexity index is 256. The predicted octanol–water partition coefficient (Wildman–Crippen LogP) is 2.74. The Hall–Kier alpha value is -1.02. The highest BCUT2D eigenvalue weighted by Crippen LogP contribution is 2.21. The standard InChI is InChI=1S/C12H17N.CH5N.H2/c1-11-7-9-13(10-8-11)12-5-3-2-4-6-12;1-2;/h2-6,11H,7-10H2,1H3;2H2,1H3;1H. The quantitative estimate of drug-likeness (QED) is 0.769. The Labute approximate surface area is 94.6 Å². The molecule has 1 aromatic carbocycles. The van der Waals surface area contributed by atoms with Crippen LogP contribution in [-0.2, 0) is 0 Å². The van der Waals surface area contributed by atoms with Crippen molar-refractivity contribution >= 4 is 5.69 Å². The fourth-order valence-corrected chi connectivity index (χ4v) is 1.91. The van der Waals surface area contributed by atoms with Crippen LogP contribution in [0.5, 0.6) is 0 Å². The molecule has 1 aliphatic rings. The van der Waals surface area contributed by atoms with E-state index in [2.05, 4.69) is 47.9 Å². The van der Waals surface area contributed by atoms with Gasteiger partial charge in [0, 0.05) is 20.2 Å². The molecule has 1 heterocycles. The highest BCUT2D eigenvalue weighted by atomic mass is 15.1. The third-order valence-corrected chi connectivity index (χ3v) is 2.90. The van der Waals surface area contributed by atoms with Gasteiger partial charge in [-0.3, -0.25) is 0 Å². The second kappa shape index (κ2) is 6.46. The Morgan fingerprint density at radius 2 is 1.67 bits per heavy atom. The predicted molar refractivity (Wildman–Crippen MR) is 69.3 cm³/mol. The summed E-state index contributed by atoms with van der Waals surface area (Å²) in [5.74, 6) is 0.917. The molecule has 2 N–H and O–H groups in total. The topological polar surface area (TPSA) is 29.3 Å². The first-order chi connectivity index (χ1) is 7.36. The summed E-state index contributed by atoms with van der Waals surface area (Å²) < 4.78 is 0. The van der Waals surface area contributed by atoms with Gasteiger partial charge >= 0.3 is 0 Å². The molecule has 1 fully saturated rings. The molecular formula is C13H24N2. The Kier molecular flexibility index (Phi) is 5.19. The molecule has 2 heteroatoms. The molecule has 2 rings (SSSR count). The van der Waals surface area contributed by atoms with Crippen molar-refractivity contribution in [3.8, 4) is 0 Å². The zero-order chi connectivity index (χ0) is 11.1. The molecule has 0 bridgehead atoms. The molecule has 0 amide bonds. The zero-order valence-electron chi connectivity index (χ0n) is 9.82.